The van der Waals surface area contributed by atoms with Gasteiger partial charge in [-0.2, -0.15) is 0 Å². The van der Waals surface area contributed by atoms with E-state index >= 15 is 0 Å². The van der Waals surface area contributed by atoms with Gasteiger partial charge in [0.1, 0.15) is 5.82 Å². The molecule has 0 heterocycles. The van der Waals surface area contributed by atoms with Gasteiger partial charge in [-0.25, -0.2) is 9.18 Å². The first-order chi connectivity index (χ1) is 8.86. The largest absolute Gasteiger partial charge is 0.478 e. The summed E-state index contributed by atoms with van der Waals surface area (Å²) in [5.74, 6) is -2.55. The molecule has 5 nitrogen and oxygen atoms in total. The van der Waals surface area contributed by atoms with Crippen LogP contribution in [0, 0.1) is 11.7 Å². The predicted octanol–water partition coefficient (Wildman–Crippen LogP) is 1.84. The van der Waals surface area contributed by atoms with E-state index in [0.717, 1.165) is 12.5 Å². The zero-order valence-electron chi connectivity index (χ0n) is 10.8. The van der Waals surface area contributed by atoms with E-state index in [1.54, 1.807) is 0 Å². The Morgan fingerprint density at radius 3 is 2.58 bits per heavy atom. The lowest BCUT2D eigenvalue weighted by Gasteiger charge is -2.18. The normalized spacial score (nSPS) is 13.7. The highest BCUT2D eigenvalue weighted by atomic mass is 19.1. The number of rotatable bonds is 5. The van der Waals surface area contributed by atoms with Crippen molar-refractivity contribution in [3.63, 3.8) is 0 Å². The van der Waals surface area contributed by atoms with E-state index in [4.69, 9.17) is 10.8 Å². The van der Waals surface area contributed by atoms with Crippen molar-refractivity contribution in [1.82, 2.24) is 0 Å². The Kier molecular flexibility index (Phi) is 5.00. The third-order valence-electron chi connectivity index (χ3n) is 3.03. The molecule has 0 aliphatic rings. The summed E-state index contributed by atoms with van der Waals surface area (Å²) in [6.45, 7) is 3.73. The van der Waals surface area contributed by atoms with Gasteiger partial charge in [0.15, 0.2) is 0 Å². The van der Waals surface area contributed by atoms with Crippen LogP contribution in [0.15, 0.2) is 18.2 Å². The number of carboxylic acid groups (broad SMARTS) is 1. The summed E-state index contributed by atoms with van der Waals surface area (Å²) in [5.41, 5.74) is 5.46. The summed E-state index contributed by atoms with van der Waals surface area (Å²) < 4.78 is 13.6. The van der Waals surface area contributed by atoms with Gasteiger partial charge in [-0.3, -0.25) is 4.79 Å². The summed E-state index contributed by atoms with van der Waals surface area (Å²) in [5, 5.41) is 11.1. The average Bonchev–Trinajstić information content (AvgIpc) is 2.38. The number of carbonyl (C=O) groups is 2. The maximum atomic E-state index is 13.6. The fourth-order valence-electron chi connectivity index (χ4n) is 1.48. The summed E-state index contributed by atoms with van der Waals surface area (Å²) >= 11 is 0. The SMILES string of the molecule is CC[C@H](C)[C@H](N)C(=O)Nc1ccc(C(=O)O)cc1F. The Bertz CT molecular complexity index is 491. The Labute approximate surface area is 110 Å². The quantitative estimate of drug-likeness (QED) is 0.759. The van der Waals surface area contributed by atoms with Crippen molar-refractivity contribution < 1.29 is 19.1 Å². The molecule has 19 heavy (non-hydrogen) atoms. The van der Waals surface area contributed by atoms with Gasteiger partial charge in [0.05, 0.1) is 17.3 Å². The zero-order valence-corrected chi connectivity index (χ0v) is 10.8. The molecule has 2 atom stereocenters. The molecule has 0 radical (unpaired) electrons. The smallest absolute Gasteiger partial charge is 0.335 e. The third-order valence-corrected chi connectivity index (χ3v) is 3.03. The Hall–Kier alpha value is -1.95. The number of hydrogen-bond donors (Lipinski definition) is 3. The molecule has 0 bridgehead atoms. The monoisotopic (exact) mass is 268 g/mol. The summed E-state index contributed by atoms with van der Waals surface area (Å²) in [6, 6.07) is 2.55. The van der Waals surface area contributed by atoms with Gasteiger partial charge >= 0.3 is 5.97 Å². The lowest BCUT2D eigenvalue weighted by Crippen LogP contribution is -2.40. The molecule has 0 aromatic heterocycles. The molecule has 0 unspecified atom stereocenters. The summed E-state index contributed by atoms with van der Waals surface area (Å²) in [7, 11) is 0. The number of benzene rings is 1. The van der Waals surface area contributed by atoms with Crippen LogP contribution in [0.3, 0.4) is 0 Å². The average molecular weight is 268 g/mol. The van der Waals surface area contributed by atoms with Crippen molar-refractivity contribution in [2.45, 2.75) is 26.3 Å². The minimum atomic E-state index is -1.23. The molecule has 1 rings (SSSR count). The molecule has 0 saturated heterocycles. The molecule has 1 aromatic rings. The van der Waals surface area contributed by atoms with Gasteiger partial charge in [0.25, 0.3) is 0 Å². The van der Waals surface area contributed by atoms with Crippen LogP contribution in [-0.2, 0) is 4.79 Å². The Morgan fingerprint density at radius 2 is 2.11 bits per heavy atom. The zero-order chi connectivity index (χ0) is 14.6. The van der Waals surface area contributed by atoms with Gasteiger partial charge < -0.3 is 16.2 Å². The lowest BCUT2D eigenvalue weighted by molar-refractivity contribution is -0.118. The minimum Gasteiger partial charge on any atom is -0.478 e. The summed E-state index contributed by atoms with van der Waals surface area (Å²) in [6.07, 6.45) is 0.731. The highest BCUT2D eigenvalue weighted by Crippen LogP contribution is 2.17. The molecule has 0 aliphatic carbocycles. The van der Waals surface area contributed by atoms with E-state index < -0.39 is 23.7 Å². The number of hydrogen-bond acceptors (Lipinski definition) is 3. The van der Waals surface area contributed by atoms with E-state index in [1.807, 2.05) is 13.8 Å². The fourth-order valence-corrected chi connectivity index (χ4v) is 1.48. The van der Waals surface area contributed by atoms with Crippen molar-refractivity contribution in [3.05, 3.63) is 29.6 Å². The van der Waals surface area contributed by atoms with Gasteiger partial charge in [-0.1, -0.05) is 20.3 Å². The van der Waals surface area contributed by atoms with E-state index in [2.05, 4.69) is 5.32 Å². The standard InChI is InChI=1S/C13H17FN2O3/c1-3-7(2)11(15)12(17)16-10-5-4-8(13(18)19)6-9(10)14/h4-7,11H,3,15H2,1-2H3,(H,16,17)(H,18,19)/t7-,11-/m0/s1. The van der Waals surface area contributed by atoms with Crippen LogP contribution in [0.25, 0.3) is 0 Å². The van der Waals surface area contributed by atoms with Gasteiger partial charge in [-0.05, 0) is 24.1 Å². The predicted molar refractivity (Wildman–Crippen MR) is 69.4 cm³/mol. The molecular weight excluding hydrogens is 251 g/mol. The first kappa shape index (κ1) is 15.1. The third kappa shape index (κ3) is 3.75. The molecule has 0 fully saturated rings. The van der Waals surface area contributed by atoms with Crippen LogP contribution in [0.2, 0.25) is 0 Å². The van der Waals surface area contributed by atoms with Crippen LogP contribution in [0.4, 0.5) is 10.1 Å². The second-order valence-corrected chi connectivity index (χ2v) is 4.40. The molecular formula is C13H17FN2O3. The van der Waals surface area contributed by atoms with E-state index in [1.165, 1.54) is 12.1 Å². The maximum absolute atomic E-state index is 13.6. The van der Waals surface area contributed by atoms with E-state index in [9.17, 15) is 14.0 Å². The molecule has 4 N–H and O–H groups in total. The Balaban J connectivity index is 2.83. The number of anilines is 1. The molecule has 0 saturated carbocycles. The maximum Gasteiger partial charge on any atom is 0.335 e. The molecule has 1 aromatic carbocycles. The van der Waals surface area contributed by atoms with Crippen LogP contribution in [0.1, 0.15) is 30.6 Å². The molecule has 1 amide bonds. The number of nitrogens with two attached hydrogens (primary N) is 1. The van der Waals surface area contributed by atoms with Crippen molar-refractivity contribution in [3.8, 4) is 0 Å². The molecule has 0 spiro atoms. The number of aromatic carboxylic acids is 1. The minimum absolute atomic E-state index is 0.0265. The fraction of sp³-hybridized carbons (Fsp3) is 0.385. The van der Waals surface area contributed by atoms with Crippen molar-refractivity contribution in [1.29, 1.82) is 0 Å². The van der Waals surface area contributed by atoms with Crippen molar-refractivity contribution in [2.75, 3.05) is 5.32 Å². The van der Waals surface area contributed by atoms with E-state index in [-0.39, 0.29) is 17.2 Å². The summed E-state index contributed by atoms with van der Waals surface area (Å²) in [4.78, 5) is 22.4. The van der Waals surface area contributed by atoms with Crippen LogP contribution in [0.5, 0.6) is 0 Å². The number of carbonyl (C=O) groups excluding carboxylic acids is 1. The first-order valence-electron chi connectivity index (χ1n) is 5.96. The molecule has 0 aliphatic heterocycles. The van der Waals surface area contributed by atoms with Gasteiger partial charge in [0.2, 0.25) is 5.91 Å². The highest BCUT2D eigenvalue weighted by molar-refractivity contribution is 5.95. The number of carboxylic acids is 1. The number of nitrogens with one attached hydrogen (secondary N) is 1. The Morgan fingerprint density at radius 1 is 1.47 bits per heavy atom. The van der Waals surface area contributed by atoms with Crippen molar-refractivity contribution in [2.24, 2.45) is 11.7 Å². The van der Waals surface area contributed by atoms with Crippen molar-refractivity contribution >= 4 is 17.6 Å². The van der Waals surface area contributed by atoms with Crippen LogP contribution >= 0.6 is 0 Å². The second kappa shape index (κ2) is 6.29. The number of amides is 1. The molecule has 6 heteroatoms. The van der Waals surface area contributed by atoms with E-state index in [0.29, 0.717) is 0 Å². The van der Waals surface area contributed by atoms with Crippen LogP contribution < -0.4 is 11.1 Å². The van der Waals surface area contributed by atoms with Gasteiger partial charge in [0, 0.05) is 0 Å². The topological polar surface area (TPSA) is 92.4 Å². The number of halogens is 1. The first-order valence-corrected chi connectivity index (χ1v) is 5.96. The highest BCUT2D eigenvalue weighted by Gasteiger charge is 2.20. The van der Waals surface area contributed by atoms with Crippen LogP contribution in [-0.4, -0.2) is 23.0 Å². The lowest BCUT2D eigenvalue weighted by atomic mass is 9.99. The van der Waals surface area contributed by atoms with Gasteiger partial charge in [-0.15, -0.1) is 0 Å². The second-order valence-electron chi connectivity index (χ2n) is 4.40. The molecule has 104 valence electrons.